The molecule has 1 heterocycles. The van der Waals surface area contributed by atoms with Crippen LogP contribution < -0.4 is 15.8 Å². The average molecular weight is 426 g/mol. The smallest absolute Gasteiger partial charge is 0.250 e. The number of hydrogen-bond acceptors (Lipinski definition) is 6. The molecular formula is C21H23N5O3S. The molecular weight excluding hydrogens is 402 g/mol. The number of aromatic nitrogens is 3. The van der Waals surface area contributed by atoms with E-state index in [2.05, 4.69) is 15.5 Å². The first-order chi connectivity index (χ1) is 14.5. The molecule has 0 saturated heterocycles. The predicted molar refractivity (Wildman–Crippen MR) is 116 cm³/mol. The first-order valence-corrected chi connectivity index (χ1v) is 10.4. The predicted octanol–water partition coefficient (Wildman–Crippen LogP) is 3.02. The third kappa shape index (κ3) is 5.18. The summed E-state index contributed by atoms with van der Waals surface area (Å²) in [5.41, 5.74) is 7.05. The van der Waals surface area contributed by atoms with Gasteiger partial charge in [-0.05, 0) is 37.6 Å². The van der Waals surface area contributed by atoms with E-state index in [9.17, 15) is 9.59 Å². The maximum Gasteiger partial charge on any atom is 0.250 e. The number of nitrogens with two attached hydrogens (primary N) is 1. The number of ether oxygens (including phenoxy) is 1. The molecule has 0 saturated carbocycles. The Morgan fingerprint density at radius 1 is 1.13 bits per heavy atom. The lowest BCUT2D eigenvalue weighted by Gasteiger charge is -2.11. The van der Waals surface area contributed by atoms with Crippen LogP contribution in [0.1, 0.15) is 28.7 Å². The van der Waals surface area contributed by atoms with E-state index in [1.54, 1.807) is 24.3 Å². The Morgan fingerprint density at radius 3 is 2.60 bits per heavy atom. The van der Waals surface area contributed by atoms with Gasteiger partial charge in [0.05, 0.1) is 17.0 Å². The van der Waals surface area contributed by atoms with Crippen LogP contribution in [0.3, 0.4) is 0 Å². The largest absolute Gasteiger partial charge is 0.485 e. The van der Waals surface area contributed by atoms with Crippen molar-refractivity contribution in [1.29, 1.82) is 0 Å². The van der Waals surface area contributed by atoms with Crippen LogP contribution in [0.15, 0.2) is 53.7 Å². The molecule has 30 heavy (non-hydrogen) atoms. The molecule has 0 fully saturated rings. The van der Waals surface area contributed by atoms with Crippen molar-refractivity contribution in [1.82, 2.24) is 14.8 Å². The average Bonchev–Trinajstić information content (AvgIpc) is 3.13. The van der Waals surface area contributed by atoms with E-state index in [0.717, 1.165) is 11.3 Å². The number of rotatable bonds is 9. The van der Waals surface area contributed by atoms with Crippen LogP contribution in [0.2, 0.25) is 0 Å². The van der Waals surface area contributed by atoms with Gasteiger partial charge in [-0.3, -0.25) is 9.59 Å². The Balaban J connectivity index is 1.61. The topological polar surface area (TPSA) is 112 Å². The summed E-state index contributed by atoms with van der Waals surface area (Å²) >= 11 is 1.26. The van der Waals surface area contributed by atoms with Crippen LogP contribution >= 0.6 is 11.8 Å². The second-order valence-corrected chi connectivity index (χ2v) is 7.39. The number of nitrogens with zero attached hydrogens (tertiary/aromatic N) is 3. The Morgan fingerprint density at radius 2 is 1.87 bits per heavy atom. The molecule has 0 unspecified atom stereocenters. The standard InChI is InChI=1S/C21H23N5O3S/c1-3-26-18(12-29-17-11-7-4-8-14(17)2)24-25-21(26)30-13-19(27)23-16-10-6-5-9-15(16)20(22)28/h4-11H,3,12-13H2,1-2H3,(H2,22,28)(H,23,27). The van der Waals surface area contributed by atoms with Gasteiger partial charge in [0.25, 0.3) is 5.91 Å². The number of carbonyl (C=O) groups excluding carboxylic acids is 2. The first kappa shape index (κ1) is 21.4. The highest BCUT2D eigenvalue weighted by Gasteiger charge is 2.15. The number of carbonyl (C=O) groups is 2. The van der Waals surface area contributed by atoms with E-state index in [-0.39, 0.29) is 23.8 Å². The van der Waals surface area contributed by atoms with Crippen molar-refractivity contribution in [3.8, 4) is 5.75 Å². The zero-order chi connectivity index (χ0) is 21.5. The monoisotopic (exact) mass is 425 g/mol. The van der Waals surface area contributed by atoms with Gasteiger partial charge in [0.2, 0.25) is 5.91 Å². The van der Waals surface area contributed by atoms with Gasteiger partial charge >= 0.3 is 0 Å². The van der Waals surface area contributed by atoms with Crippen LogP contribution in [-0.2, 0) is 17.9 Å². The third-order valence-corrected chi connectivity index (χ3v) is 5.33. The van der Waals surface area contributed by atoms with E-state index in [1.807, 2.05) is 42.7 Å². The van der Waals surface area contributed by atoms with Crippen LogP contribution in [0, 0.1) is 6.92 Å². The summed E-state index contributed by atoms with van der Waals surface area (Å²) in [5.74, 6) is 0.733. The Kier molecular flexibility index (Phi) is 7.08. The molecule has 0 aliphatic carbocycles. The minimum atomic E-state index is -0.595. The second kappa shape index (κ2) is 9.93. The van der Waals surface area contributed by atoms with Gasteiger partial charge in [0.15, 0.2) is 11.0 Å². The highest BCUT2D eigenvalue weighted by atomic mass is 32.2. The molecule has 3 rings (SSSR count). The van der Waals surface area contributed by atoms with Gasteiger partial charge in [0.1, 0.15) is 12.4 Å². The maximum atomic E-state index is 12.3. The van der Waals surface area contributed by atoms with E-state index in [4.69, 9.17) is 10.5 Å². The highest BCUT2D eigenvalue weighted by Crippen LogP contribution is 2.21. The van der Waals surface area contributed by atoms with Gasteiger partial charge in [-0.1, -0.05) is 42.1 Å². The van der Waals surface area contributed by atoms with E-state index in [1.165, 1.54) is 11.8 Å². The van der Waals surface area contributed by atoms with Gasteiger partial charge < -0.3 is 20.4 Å². The molecule has 0 atom stereocenters. The van der Waals surface area contributed by atoms with E-state index >= 15 is 0 Å². The SMILES string of the molecule is CCn1c(COc2ccccc2C)nnc1SCC(=O)Nc1ccccc1C(N)=O. The van der Waals surface area contributed by atoms with E-state index < -0.39 is 5.91 Å². The van der Waals surface area contributed by atoms with Gasteiger partial charge in [0, 0.05) is 6.54 Å². The molecule has 156 valence electrons. The number of thioether (sulfide) groups is 1. The molecule has 0 aliphatic heterocycles. The molecule has 3 aromatic rings. The molecule has 0 radical (unpaired) electrons. The van der Waals surface area contributed by atoms with Crippen molar-refractivity contribution < 1.29 is 14.3 Å². The molecule has 2 aromatic carbocycles. The second-order valence-electron chi connectivity index (χ2n) is 6.44. The van der Waals surface area contributed by atoms with Gasteiger partial charge in [-0.2, -0.15) is 0 Å². The minimum Gasteiger partial charge on any atom is -0.485 e. The van der Waals surface area contributed by atoms with E-state index in [0.29, 0.717) is 23.2 Å². The van der Waals surface area contributed by atoms with Gasteiger partial charge in [-0.15, -0.1) is 10.2 Å². The summed E-state index contributed by atoms with van der Waals surface area (Å²) in [6, 6.07) is 14.4. The maximum absolute atomic E-state index is 12.3. The minimum absolute atomic E-state index is 0.115. The number of anilines is 1. The van der Waals surface area contributed by atoms with Crippen LogP contribution in [0.5, 0.6) is 5.75 Å². The number of amides is 2. The van der Waals surface area contributed by atoms with Crippen LogP contribution in [-0.4, -0.2) is 32.3 Å². The molecule has 8 nitrogen and oxygen atoms in total. The zero-order valence-electron chi connectivity index (χ0n) is 16.8. The normalized spacial score (nSPS) is 10.6. The van der Waals surface area contributed by atoms with Crippen LogP contribution in [0.4, 0.5) is 5.69 Å². The number of benzene rings is 2. The Labute approximate surface area is 178 Å². The quantitative estimate of drug-likeness (QED) is 0.510. The molecule has 0 aliphatic rings. The summed E-state index contributed by atoms with van der Waals surface area (Å²) in [7, 11) is 0. The number of aryl methyl sites for hydroxylation is 1. The fourth-order valence-electron chi connectivity index (χ4n) is 2.83. The highest BCUT2D eigenvalue weighted by molar-refractivity contribution is 7.99. The lowest BCUT2D eigenvalue weighted by Crippen LogP contribution is -2.19. The Hall–Kier alpha value is -3.33. The zero-order valence-corrected chi connectivity index (χ0v) is 17.6. The lowest BCUT2D eigenvalue weighted by molar-refractivity contribution is -0.113. The van der Waals surface area contributed by atoms with Gasteiger partial charge in [-0.25, -0.2) is 0 Å². The van der Waals surface area contributed by atoms with Crippen molar-refractivity contribution in [2.45, 2.75) is 32.2 Å². The summed E-state index contributed by atoms with van der Waals surface area (Å²) in [6.45, 7) is 4.89. The number of hydrogen-bond donors (Lipinski definition) is 2. The molecule has 9 heteroatoms. The summed E-state index contributed by atoms with van der Waals surface area (Å²) in [4.78, 5) is 23.8. The van der Waals surface area contributed by atoms with Crippen molar-refractivity contribution in [3.05, 3.63) is 65.5 Å². The van der Waals surface area contributed by atoms with Crippen molar-refractivity contribution >= 4 is 29.3 Å². The lowest BCUT2D eigenvalue weighted by atomic mass is 10.1. The summed E-state index contributed by atoms with van der Waals surface area (Å²) < 4.78 is 7.77. The number of primary amides is 1. The fraction of sp³-hybridized carbons (Fsp3) is 0.238. The molecule has 3 N–H and O–H groups in total. The number of para-hydroxylation sites is 2. The number of nitrogens with one attached hydrogen (secondary N) is 1. The summed E-state index contributed by atoms with van der Waals surface area (Å²) in [5, 5.41) is 11.7. The third-order valence-electron chi connectivity index (χ3n) is 4.36. The summed E-state index contributed by atoms with van der Waals surface area (Å²) in [6.07, 6.45) is 0. The van der Waals surface area contributed by atoms with Crippen LogP contribution in [0.25, 0.3) is 0 Å². The molecule has 0 bridgehead atoms. The molecule has 0 spiro atoms. The first-order valence-electron chi connectivity index (χ1n) is 9.41. The fourth-order valence-corrected chi connectivity index (χ4v) is 3.66. The van der Waals surface area contributed by atoms with Crippen molar-refractivity contribution in [3.63, 3.8) is 0 Å². The molecule has 1 aromatic heterocycles. The molecule has 2 amide bonds. The Bertz CT molecular complexity index is 1050. The van der Waals surface area contributed by atoms with Crippen molar-refractivity contribution in [2.75, 3.05) is 11.1 Å². The van der Waals surface area contributed by atoms with Crippen molar-refractivity contribution in [2.24, 2.45) is 5.73 Å².